The summed E-state index contributed by atoms with van der Waals surface area (Å²) in [6.45, 7) is 0.144. The molecule has 0 aliphatic heterocycles. The lowest BCUT2D eigenvalue weighted by Gasteiger charge is -1.98. The number of hydrogen-bond donors (Lipinski definition) is 1. The first kappa shape index (κ1) is 13.6. The normalized spacial score (nSPS) is 12.2. The largest absolute Gasteiger partial charge is 0.371 e. The zero-order valence-electron chi connectivity index (χ0n) is 5.91. The number of hydrogen-bond acceptors (Lipinski definition) is 4. The minimum Gasteiger partial charge on any atom is -0.371 e. The smallest absolute Gasteiger partial charge is 0.155 e. The van der Waals surface area contributed by atoms with Gasteiger partial charge < -0.3 is 9.84 Å². The highest BCUT2D eigenvalue weighted by Gasteiger charge is 1.95. The van der Waals surface area contributed by atoms with E-state index in [1.807, 2.05) is 0 Å². The van der Waals surface area contributed by atoms with Crippen LogP contribution in [0.25, 0.3) is 0 Å². The van der Waals surface area contributed by atoms with Crippen LogP contribution < -0.4 is 0 Å². The van der Waals surface area contributed by atoms with Crippen LogP contribution in [-0.4, -0.2) is 35.6 Å². The predicted octanol–water partition coefficient (Wildman–Crippen LogP) is 0.289. The third-order valence-electron chi connectivity index (χ3n) is 0.877. The standard InChI is InChI=1S/C5H12O4S.CH4/c1-8-10(7)4-2-3-9-5-6;/h6H,2-5H2,1H3;1H4. The minimum atomic E-state index is -1.19. The van der Waals surface area contributed by atoms with Crippen molar-refractivity contribution in [2.75, 3.05) is 26.3 Å². The Hall–Kier alpha value is 0.0300. The van der Waals surface area contributed by atoms with Crippen molar-refractivity contribution < 1.29 is 18.2 Å². The van der Waals surface area contributed by atoms with Crippen molar-refractivity contribution in [2.24, 2.45) is 0 Å². The van der Waals surface area contributed by atoms with Gasteiger partial charge in [0, 0.05) is 0 Å². The van der Waals surface area contributed by atoms with E-state index >= 15 is 0 Å². The highest BCUT2D eigenvalue weighted by Crippen LogP contribution is 1.88. The van der Waals surface area contributed by atoms with Gasteiger partial charge in [-0.25, -0.2) is 4.21 Å². The molecule has 0 saturated carbocycles. The molecule has 1 atom stereocenters. The van der Waals surface area contributed by atoms with Gasteiger partial charge >= 0.3 is 0 Å². The molecular weight excluding hydrogens is 168 g/mol. The zero-order chi connectivity index (χ0) is 7.82. The van der Waals surface area contributed by atoms with Crippen molar-refractivity contribution in [3.05, 3.63) is 0 Å². The fraction of sp³-hybridized carbons (Fsp3) is 1.00. The summed E-state index contributed by atoms with van der Waals surface area (Å²) in [5, 5.41) is 8.16. The van der Waals surface area contributed by atoms with Crippen molar-refractivity contribution in [3.63, 3.8) is 0 Å². The molecule has 5 heteroatoms. The molecule has 0 amide bonds. The Morgan fingerprint density at radius 1 is 1.55 bits per heavy atom. The quantitative estimate of drug-likeness (QED) is 0.476. The summed E-state index contributed by atoms with van der Waals surface area (Å²) in [7, 11) is 1.39. The molecule has 0 saturated heterocycles. The third-order valence-corrected chi connectivity index (χ3v) is 1.87. The predicted molar refractivity (Wildman–Crippen MR) is 44.4 cm³/mol. The van der Waals surface area contributed by atoms with E-state index in [0.717, 1.165) is 0 Å². The van der Waals surface area contributed by atoms with Crippen molar-refractivity contribution in [3.8, 4) is 0 Å². The molecule has 0 bridgehead atoms. The van der Waals surface area contributed by atoms with E-state index in [0.29, 0.717) is 18.8 Å². The maximum Gasteiger partial charge on any atom is 0.155 e. The van der Waals surface area contributed by atoms with Crippen LogP contribution in [0.3, 0.4) is 0 Å². The Balaban J connectivity index is 0. The SMILES string of the molecule is C.COS(=O)CCCOCO. The van der Waals surface area contributed by atoms with Gasteiger partial charge in [0.25, 0.3) is 0 Å². The number of aliphatic hydroxyl groups excluding tert-OH is 1. The fourth-order valence-electron chi connectivity index (χ4n) is 0.427. The molecule has 0 heterocycles. The van der Waals surface area contributed by atoms with Gasteiger partial charge in [-0.05, 0) is 6.42 Å². The Bertz CT molecular complexity index is 96.6. The molecule has 0 aliphatic carbocycles. The molecule has 11 heavy (non-hydrogen) atoms. The summed E-state index contributed by atoms with van der Waals surface area (Å²) in [5.74, 6) is 0.455. The van der Waals surface area contributed by atoms with Gasteiger partial charge in [0.15, 0.2) is 11.1 Å². The molecule has 0 spiro atoms. The van der Waals surface area contributed by atoms with E-state index in [2.05, 4.69) is 8.92 Å². The van der Waals surface area contributed by atoms with Gasteiger partial charge in [0.2, 0.25) is 0 Å². The second kappa shape index (κ2) is 10.0. The molecule has 0 rings (SSSR count). The monoisotopic (exact) mass is 184 g/mol. The van der Waals surface area contributed by atoms with E-state index in [1.54, 1.807) is 0 Å². The number of ether oxygens (including phenoxy) is 1. The Morgan fingerprint density at radius 3 is 2.64 bits per heavy atom. The Kier molecular flexibility index (Phi) is 12.4. The van der Waals surface area contributed by atoms with Crippen molar-refractivity contribution in [1.82, 2.24) is 0 Å². The zero-order valence-corrected chi connectivity index (χ0v) is 6.73. The summed E-state index contributed by atoms with van der Waals surface area (Å²) in [6.07, 6.45) is 0.640. The highest BCUT2D eigenvalue weighted by atomic mass is 32.2. The van der Waals surface area contributed by atoms with Crippen LogP contribution in [0.15, 0.2) is 0 Å². The first-order chi connectivity index (χ1) is 4.81. The van der Waals surface area contributed by atoms with E-state index in [9.17, 15) is 4.21 Å². The van der Waals surface area contributed by atoms with Crippen LogP contribution in [-0.2, 0) is 20.0 Å². The third kappa shape index (κ3) is 10.0. The van der Waals surface area contributed by atoms with Gasteiger partial charge in [-0.1, -0.05) is 7.43 Å². The van der Waals surface area contributed by atoms with Crippen LogP contribution in [0.4, 0.5) is 0 Å². The van der Waals surface area contributed by atoms with Crippen LogP contribution in [0.1, 0.15) is 13.8 Å². The lowest BCUT2D eigenvalue weighted by molar-refractivity contribution is -0.000687. The lowest BCUT2D eigenvalue weighted by atomic mass is 10.5. The molecule has 0 radical (unpaired) electrons. The molecule has 0 aliphatic rings. The topological polar surface area (TPSA) is 55.8 Å². The van der Waals surface area contributed by atoms with E-state index in [1.165, 1.54) is 7.11 Å². The van der Waals surface area contributed by atoms with Crippen LogP contribution in [0.5, 0.6) is 0 Å². The van der Waals surface area contributed by atoms with Gasteiger partial charge in [-0.15, -0.1) is 0 Å². The van der Waals surface area contributed by atoms with Crippen molar-refractivity contribution in [2.45, 2.75) is 13.8 Å². The molecule has 70 valence electrons. The van der Waals surface area contributed by atoms with Gasteiger partial charge in [-0.3, -0.25) is 4.18 Å². The molecule has 0 aromatic heterocycles. The average molecular weight is 184 g/mol. The minimum absolute atomic E-state index is 0. The molecule has 0 fully saturated rings. The summed E-state index contributed by atoms with van der Waals surface area (Å²) in [6, 6.07) is 0. The molecule has 0 aromatic rings. The second-order valence-corrected chi connectivity index (χ2v) is 2.91. The van der Waals surface area contributed by atoms with Crippen LogP contribution in [0, 0.1) is 0 Å². The lowest BCUT2D eigenvalue weighted by Crippen LogP contribution is -2.03. The van der Waals surface area contributed by atoms with Crippen molar-refractivity contribution in [1.29, 1.82) is 0 Å². The van der Waals surface area contributed by atoms with Crippen molar-refractivity contribution >= 4 is 11.1 Å². The van der Waals surface area contributed by atoms with Gasteiger partial charge in [0.1, 0.15) is 6.79 Å². The summed E-state index contributed by atoms with van der Waals surface area (Å²) in [4.78, 5) is 0. The van der Waals surface area contributed by atoms with Gasteiger partial charge in [-0.2, -0.15) is 0 Å². The van der Waals surface area contributed by atoms with Gasteiger partial charge in [0.05, 0.1) is 19.5 Å². The first-order valence-electron chi connectivity index (χ1n) is 2.92. The maximum atomic E-state index is 10.5. The highest BCUT2D eigenvalue weighted by molar-refractivity contribution is 7.80. The van der Waals surface area contributed by atoms with E-state index < -0.39 is 11.1 Å². The summed E-state index contributed by atoms with van der Waals surface area (Å²) in [5.41, 5.74) is 0. The Labute approximate surface area is 70.2 Å². The average Bonchev–Trinajstić information content (AvgIpc) is 1.98. The molecule has 0 aromatic carbocycles. The van der Waals surface area contributed by atoms with Crippen LogP contribution >= 0.6 is 0 Å². The number of aliphatic hydroxyl groups is 1. The molecule has 1 N–H and O–H groups in total. The molecular formula is C6H16O4S. The summed E-state index contributed by atoms with van der Waals surface area (Å²) < 4.78 is 19.6. The fourth-order valence-corrected chi connectivity index (χ4v) is 0.947. The Morgan fingerprint density at radius 2 is 2.18 bits per heavy atom. The molecule has 4 nitrogen and oxygen atoms in total. The van der Waals surface area contributed by atoms with E-state index in [4.69, 9.17) is 5.11 Å². The second-order valence-electron chi connectivity index (χ2n) is 1.57. The maximum absolute atomic E-state index is 10.5. The first-order valence-corrected chi connectivity index (χ1v) is 4.17. The van der Waals surface area contributed by atoms with E-state index in [-0.39, 0.29) is 14.2 Å². The molecule has 1 unspecified atom stereocenters. The van der Waals surface area contributed by atoms with Crippen LogP contribution in [0.2, 0.25) is 0 Å². The number of rotatable bonds is 6. The summed E-state index contributed by atoms with van der Waals surface area (Å²) >= 11 is -1.19.